The van der Waals surface area contributed by atoms with E-state index in [0.717, 1.165) is 24.1 Å². The lowest BCUT2D eigenvalue weighted by molar-refractivity contribution is -0.120. The SMILES string of the molecule is O=C1CCC2N3Cc4ccc(O)c(O)c4C23C1. The third kappa shape index (κ3) is 0.916. The quantitative estimate of drug-likeness (QED) is 0.521. The lowest BCUT2D eigenvalue weighted by atomic mass is 9.81. The van der Waals surface area contributed by atoms with E-state index in [0.29, 0.717) is 18.9 Å². The monoisotopic (exact) mass is 231 g/mol. The van der Waals surface area contributed by atoms with Gasteiger partial charge in [-0.05, 0) is 18.1 Å². The number of fused-ring (bicyclic) bond motifs is 2. The number of phenolic OH excluding ortho intramolecular Hbond substituents is 2. The van der Waals surface area contributed by atoms with Crippen molar-refractivity contribution in [3.8, 4) is 11.5 Å². The van der Waals surface area contributed by atoms with Gasteiger partial charge < -0.3 is 10.2 Å². The van der Waals surface area contributed by atoms with Crippen LogP contribution in [0, 0.1) is 0 Å². The van der Waals surface area contributed by atoms with Crippen LogP contribution in [-0.4, -0.2) is 26.9 Å². The van der Waals surface area contributed by atoms with Crippen molar-refractivity contribution in [3.63, 3.8) is 0 Å². The van der Waals surface area contributed by atoms with Crippen LogP contribution in [0.5, 0.6) is 11.5 Å². The zero-order valence-corrected chi connectivity index (χ0v) is 9.31. The van der Waals surface area contributed by atoms with Crippen molar-refractivity contribution >= 4 is 5.78 Å². The molecule has 88 valence electrons. The normalized spacial score (nSPS) is 37.3. The average Bonchev–Trinajstić information content (AvgIpc) is 2.79. The van der Waals surface area contributed by atoms with Crippen LogP contribution in [0.4, 0.5) is 0 Å². The van der Waals surface area contributed by atoms with Crippen LogP contribution in [0.2, 0.25) is 0 Å². The summed E-state index contributed by atoms with van der Waals surface area (Å²) >= 11 is 0. The van der Waals surface area contributed by atoms with Gasteiger partial charge in [-0.15, -0.1) is 0 Å². The van der Waals surface area contributed by atoms with Gasteiger partial charge in [0.2, 0.25) is 0 Å². The Hall–Kier alpha value is -1.55. The van der Waals surface area contributed by atoms with Crippen molar-refractivity contribution in [2.24, 2.45) is 0 Å². The van der Waals surface area contributed by atoms with Gasteiger partial charge in [0.1, 0.15) is 5.78 Å². The van der Waals surface area contributed by atoms with Gasteiger partial charge in [0.05, 0.1) is 5.54 Å². The number of carbonyl (C=O) groups excluding carboxylic acids is 1. The number of nitrogens with zero attached hydrogens (tertiary/aromatic N) is 1. The second kappa shape index (κ2) is 2.64. The van der Waals surface area contributed by atoms with E-state index in [-0.39, 0.29) is 22.8 Å². The first-order chi connectivity index (χ1) is 8.14. The van der Waals surface area contributed by atoms with Crippen LogP contribution >= 0.6 is 0 Å². The van der Waals surface area contributed by atoms with Gasteiger partial charge in [0.15, 0.2) is 11.5 Å². The summed E-state index contributed by atoms with van der Waals surface area (Å²) < 4.78 is 0. The Balaban J connectivity index is 1.92. The summed E-state index contributed by atoms with van der Waals surface area (Å²) in [5.74, 6) is 0.158. The van der Waals surface area contributed by atoms with Crippen molar-refractivity contribution in [3.05, 3.63) is 23.3 Å². The van der Waals surface area contributed by atoms with Crippen LogP contribution in [0.15, 0.2) is 12.1 Å². The Morgan fingerprint density at radius 2 is 2.18 bits per heavy atom. The molecule has 0 radical (unpaired) electrons. The molecule has 4 heteroatoms. The predicted octanol–water partition coefficient (Wildman–Crippen LogP) is 1.24. The molecule has 1 aromatic rings. The number of Topliss-reactive ketones (excluding diaryl/α,β-unsaturated/α-hetero) is 1. The van der Waals surface area contributed by atoms with Crippen molar-refractivity contribution in [2.75, 3.05) is 0 Å². The molecule has 4 rings (SSSR count). The van der Waals surface area contributed by atoms with Gasteiger partial charge in [-0.2, -0.15) is 0 Å². The number of aromatic hydroxyl groups is 2. The molecule has 17 heavy (non-hydrogen) atoms. The summed E-state index contributed by atoms with van der Waals surface area (Å²) in [6.07, 6.45) is 2.02. The average molecular weight is 231 g/mol. The molecule has 1 aromatic carbocycles. The summed E-state index contributed by atoms with van der Waals surface area (Å²) in [6.45, 7) is 0.793. The fourth-order valence-electron chi connectivity index (χ4n) is 3.83. The Morgan fingerprint density at radius 3 is 3.00 bits per heavy atom. The summed E-state index contributed by atoms with van der Waals surface area (Å²) in [4.78, 5) is 14.0. The van der Waals surface area contributed by atoms with Gasteiger partial charge >= 0.3 is 0 Å². The zero-order chi connectivity index (χ0) is 11.8. The molecular weight excluding hydrogens is 218 g/mol. The highest BCUT2D eigenvalue weighted by Gasteiger charge is 2.70. The van der Waals surface area contributed by atoms with E-state index in [2.05, 4.69) is 4.90 Å². The molecular formula is C13H13NO3. The molecule has 2 fully saturated rings. The number of hydrogen-bond acceptors (Lipinski definition) is 4. The molecule has 0 amide bonds. The lowest BCUT2D eigenvalue weighted by Gasteiger charge is -2.20. The molecule has 2 aliphatic heterocycles. The number of hydrogen-bond donors (Lipinski definition) is 2. The Bertz CT molecular complexity index is 554. The molecule has 3 unspecified atom stereocenters. The van der Waals surface area contributed by atoms with Gasteiger partial charge in [-0.3, -0.25) is 9.69 Å². The van der Waals surface area contributed by atoms with Crippen molar-refractivity contribution < 1.29 is 15.0 Å². The maximum Gasteiger partial charge on any atom is 0.162 e. The van der Waals surface area contributed by atoms with E-state index >= 15 is 0 Å². The van der Waals surface area contributed by atoms with Crippen LogP contribution in [-0.2, 0) is 16.9 Å². The minimum absolute atomic E-state index is 0.0257. The highest BCUT2D eigenvalue weighted by molar-refractivity contribution is 5.84. The minimum atomic E-state index is -0.284. The van der Waals surface area contributed by atoms with Crippen molar-refractivity contribution in [1.82, 2.24) is 4.90 Å². The van der Waals surface area contributed by atoms with E-state index in [9.17, 15) is 15.0 Å². The maximum atomic E-state index is 11.7. The molecule has 2 N–H and O–H groups in total. The van der Waals surface area contributed by atoms with Crippen molar-refractivity contribution in [1.29, 1.82) is 0 Å². The van der Waals surface area contributed by atoms with E-state index in [4.69, 9.17) is 0 Å². The van der Waals surface area contributed by atoms with Crippen LogP contribution in [0.25, 0.3) is 0 Å². The third-order valence-electron chi connectivity index (χ3n) is 4.55. The molecule has 1 aliphatic carbocycles. The Labute approximate surface area is 98.5 Å². The minimum Gasteiger partial charge on any atom is -0.504 e. The van der Waals surface area contributed by atoms with Crippen LogP contribution < -0.4 is 0 Å². The number of benzene rings is 1. The van der Waals surface area contributed by atoms with E-state index in [1.165, 1.54) is 6.07 Å². The summed E-state index contributed by atoms with van der Waals surface area (Å²) in [5, 5.41) is 19.7. The number of rotatable bonds is 0. The fraction of sp³-hybridized carbons (Fsp3) is 0.462. The Kier molecular flexibility index (Phi) is 1.47. The highest BCUT2D eigenvalue weighted by Crippen LogP contribution is 2.65. The molecule has 3 atom stereocenters. The molecule has 0 aromatic heterocycles. The number of phenols is 2. The third-order valence-corrected chi connectivity index (χ3v) is 4.55. The van der Waals surface area contributed by atoms with Gasteiger partial charge in [-0.1, -0.05) is 6.07 Å². The van der Waals surface area contributed by atoms with Crippen LogP contribution in [0.1, 0.15) is 30.4 Å². The predicted molar refractivity (Wildman–Crippen MR) is 59.6 cm³/mol. The van der Waals surface area contributed by atoms with E-state index < -0.39 is 0 Å². The second-order valence-electron chi connectivity index (χ2n) is 5.29. The molecule has 2 heterocycles. The Morgan fingerprint density at radius 1 is 1.35 bits per heavy atom. The van der Waals surface area contributed by atoms with Crippen molar-refractivity contribution in [2.45, 2.75) is 37.4 Å². The first kappa shape index (κ1) is 9.48. The van der Waals surface area contributed by atoms with Gasteiger partial charge in [0, 0.05) is 31.0 Å². The zero-order valence-electron chi connectivity index (χ0n) is 9.31. The molecule has 1 spiro atoms. The molecule has 4 nitrogen and oxygen atoms in total. The van der Waals surface area contributed by atoms with E-state index in [1.54, 1.807) is 0 Å². The second-order valence-corrected chi connectivity index (χ2v) is 5.29. The van der Waals surface area contributed by atoms with E-state index in [1.807, 2.05) is 6.07 Å². The topological polar surface area (TPSA) is 60.5 Å². The fourth-order valence-corrected chi connectivity index (χ4v) is 3.83. The lowest BCUT2D eigenvalue weighted by Crippen LogP contribution is -2.23. The molecule has 3 aliphatic rings. The summed E-state index contributed by atoms with van der Waals surface area (Å²) in [5.41, 5.74) is 1.56. The maximum absolute atomic E-state index is 11.7. The molecule has 0 bridgehead atoms. The smallest absolute Gasteiger partial charge is 0.162 e. The van der Waals surface area contributed by atoms with Gasteiger partial charge in [-0.25, -0.2) is 0 Å². The molecule has 1 saturated heterocycles. The molecule has 1 saturated carbocycles. The largest absolute Gasteiger partial charge is 0.504 e. The number of carbonyl (C=O) groups is 1. The van der Waals surface area contributed by atoms with Crippen LogP contribution in [0.3, 0.4) is 0 Å². The summed E-state index contributed by atoms with van der Waals surface area (Å²) in [7, 11) is 0. The number of ketones is 1. The first-order valence-electron chi connectivity index (χ1n) is 5.97. The van der Waals surface area contributed by atoms with Gasteiger partial charge in [0.25, 0.3) is 0 Å². The first-order valence-corrected chi connectivity index (χ1v) is 5.97. The summed E-state index contributed by atoms with van der Waals surface area (Å²) in [6, 6.07) is 3.76. The standard InChI is InChI=1S/C13H13NO3/c15-8-2-4-10-13(5-8)11-7(6-14(10)13)1-3-9(16)12(11)17/h1,3,10,16-17H,2,4-6H2. The highest BCUT2D eigenvalue weighted by atomic mass is 16.3.